The number of nitrogens with two attached hydrogens (primary N) is 1. The van der Waals surface area contributed by atoms with Crippen LogP contribution in [-0.4, -0.2) is 4.98 Å². The lowest BCUT2D eigenvalue weighted by atomic mass is 10.1. The van der Waals surface area contributed by atoms with Crippen molar-refractivity contribution in [2.45, 2.75) is 18.9 Å². The number of benzene rings is 1. The molecule has 0 saturated heterocycles. The van der Waals surface area contributed by atoms with Crippen molar-refractivity contribution in [2.75, 3.05) is 11.1 Å². The quantitative estimate of drug-likeness (QED) is 0.659. The van der Waals surface area contributed by atoms with Gasteiger partial charge in [-0.2, -0.15) is 0 Å². The maximum absolute atomic E-state index is 5.82. The summed E-state index contributed by atoms with van der Waals surface area (Å²) in [6.45, 7) is 0. The van der Waals surface area contributed by atoms with Gasteiger partial charge in [-0.15, -0.1) is 0 Å². The van der Waals surface area contributed by atoms with Crippen LogP contribution in [0.4, 0.5) is 11.4 Å². The Morgan fingerprint density at radius 2 is 2.22 bits per heavy atom. The molecule has 4 heteroatoms. The minimum Gasteiger partial charge on any atom is -0.399 e. The second-order valence-corrected chi connectivity index (χ2v) is 5.29. The number of pyridine rings is 1. The molecule has 1 aromatic carbocycles. The number of aromatic nitrogens is 1. The van der Waals surface area contributed by atoms with E-state index >= 15 is 0 Å². The average Bonchev–Trinajstić information content (AvgIpc) is 2.74. The van der Waals surface area contributed by atoms with Gasteiger partial charge in [-0.05, 0) is 64.2 Å². The van der Waals surface area contributed by atoms with E-state index in [1.807, 2.05) is 18.2 Å². The fourth-order valence-corrected chi connectivity index (χ4v) is 2.83. The molecule has 18 heavy (non-hydrogen) atoms. The Morgan fingerprint density at radius 1 is 1.33 bits per heavy atom. The molecular weight excluding hydrogens is 290 g/mol. The highest BCUT2D eigenvalue weighted by molar-refractivity contribution is 9.10. The van der Waals surface area contributed by atoms with E-state index in [2.05, 4.69) is 38.4 Å². The molecule has 0 aliphatic heterocycles. The van der Waals surface area contributed by atoms with Crippen molar-refractivity contribution in [3.05, 3.63) is 52.3 Å². The molecule has 3 nitrogen and oxygen atoms in total. The predicted octanol–water partition coefficient (Wildman–Crippen LogP) is 3.53. The summed E-state index contributed by atoms with van der Waals surface area (Å²) in [7, 11) is 0. The lowest BCUT2D eigenvalue weighted by Crippen LogP contribution is -2.07. The van der Waals surface area contributed by atoms with Gasteiger partial charge in [-0.25, -0.2) is 4.98 Å². The van der Waals surface area contributed by atoms with E-state index in [0.717, 1.165) is 28.8 Å². The second-order valence-electron chi connectivity index (χ2n) is 4.54. The molecule has 1 aromatic heterocycles. The Bertz CT molecular complexity index is 583. The normalized spacial score (nSPS) is 17.5. The molecule has 1 atom stereocenters. The van der Waals surface area contributed by atoms with Crippen LogP contribution in [0, 0.1) is 0 Å². The molecule has 3 rings (SSSR count). The zero-order valence-corrected chi connectivity index (χ0v) is 11.4. The van der Waals surface area contributed by atoms with Gasteiger partial charge >= 0.3 is 0 Å². The Morgan fingerprint density at radius 3 is 3.06 bits per heavy atom. The molecule has 1 heterocycles. The van der Waals surface area contributed by atoms with Crippen molar-refractivity contribution in [1.82, 2.24) is 4.98 Å². The van der Waals surface area contributed by atoms with Crippen LogP contribution in [0.5, 0.6) is 0 Å². The number of rotatable bonds is 2. The molecule has 0 radical (unpaired) electrons. The van der Waals surface area contributed by atoms with E-state index in [9.17, 15) is 0 Å². The molecule has 0 saturated carbocycles. The zero-order chi connectivity index (χ0) is 12.5. The van der Waals surface area contributed by atoms with Crippen molar-refractivity contribution in [3.8, 4) is 0 Å². The molecule has 0 spiro atoms. The minimum absolute atomic E-state index is 0.348. The summed E-state index contributed by atoms with van der Waals surface area (Å²) in [5.74, 6) is 0. The standard InChI is InChI=1S/C14H14BrN3/c15-14-13(2-1-7-17-14)18-12-6-3-9-8-10(16)4-5-11(9)12/h1-2,4-5,7-8,12,18H,3,6,16H2. The summed E-state index contributed by atoms with van der Waals surface area (Å²) < 4.78 is 0.855. The van der Waals surface area contributed by atoms with E-state index in [4.69, 9.17) is 5.73 Å². The lowest BCUT2D eigenvalue weighted by molar-refractivity contribution is 0.760. The molecule has 3 N–H and O–H groups in total. The third kappa shape index (κ3) is 2.08. The zero-order valence-electron chi connectivity index (χ0n) is 9.86. The predicted molar refractivity (Wildman–Crippen MR) is 77.5 cm³/mol. The van der Waals surface area contributed by atoms with Crippen molar-refractivity contribution < 1.29 is 0 Å². The van der Waals surface area contributed by atoms with Gasteiger partial charge in [0.25, 0.3) is 0 Å². The maximum atomic E-state index is 5.82. The highest BCUT2D eigenvalue weighted by atomic mass is 79.9. The molecule has 0 bridgehead atoms. The topological polar surface area (TPSA) is 50.9 Å². The lowest BCUT2D eigenvalue weighted by Gasteiger charge is -2.16. The van der Waals surface area contributed by atoms with Gasteiger partial charge in [0.05, 0.1) is 11.7 Å². The van der Waals surface area contributed by atoms with Gasteiger partial charge in [0, 0.05) is 11.9 Å². The van der Waals surface area contributed by atoms with Gasteiger partial charge in [-0.1, -0.05) is 6.07 Å². The van der Waals surface area contributed by atoms with Crippen LogP contribution in [-0.2, 0) is 6.42 Å². The molecule has 92 valence electrons. The average molecular weight is 304 g/mol. The van der Waals surface area contributed by atoms with Crippen molar-refractivity contribution in [3.63, 3.8) is 0 Å². The van der Waals surface area contributed by atoms with Crippen LogP contribution in [0.15, 0.2) is 41.1 Å². The summed E-state index contributed by atoms with van der Waals surface area (Å²) in [4.78, 5) is 4.23. The fraction of sp³-hybridized carbons (Fsp3) is 0.214. The Kier molecular flexibility index (Phi) is 2.96. The van der Waals surface area contributed by atoms with Gasteiger partial charge in [0.1, 0.15) is 4.60 Å². The SMILES string of the molecule is Nc1ccc2c(c1)CCC2Nc1cccnc1Br. The molecule has 1 unspecified atom stereocenters. The summed E-state index contributed by atoms with van der Waals surface area (Å²) >= 11 is 3.46. The van der Waals surface area contributed by atoms with E-state index < -0.39 is 0 Å². The smallest absolute Gasteiger partial charge is 0.129 e. The first kappa shape index (κ1) is 11.5. The van der Waals surface area contributed by atoms with E-state index in [1.165, 1.54) is 11.1 Å². The Hall–Kier alpha value is -1.55. The third-order valence-electron chi connectivity index (χ3n) is 3.33. The van der Waals surface area contributed by atoms with Crippen LogP contribution in [0.1, 0.15) is 23.6 Å². The Labute approximate surface area is 115 Å². The maximum Gasteiger partial charge on any atom is 0.129 e. The highest BCUT2D eigenvalue weighted by Crippen LogP contribution is 2.35. The molecule has 0 fully saturated rings. The summed E-state index contributed by atoms with van der Waals surface area (Å²) in [6.07, 6.45) is 3.95. The third-order valence-corrected chi connectivity index (χ3v) is 3.97. The summed E-state index contributed by atoms with van der Waals surface area (Å²) in [5.41, 5.74) is 10.4. The van der Waals surface area contributed by atoms with Crippen molar-refractivity contribution in [2.24, 2.45) is 0 Å². The van der Waals surface area contributed by atoms with Gasteiger partial charge in [0.15, 0.2) is 0 Å². The molecule has 2 aromatic rings. The first-order valence-electron chi connectivity index (χ1n) is 5.99. The van der Waals surface area contributed by atoms with Crippen LogP contribution < -0.4 is 11.1 Å². The molecule has 0 amide bonds. The molecular formula is C14H14BrN3. The first-order chi connectivity index (χ1) is 8.74. The number of aryl methyl sites for hydroxylation is 1. The highest BCUT2D eigenvalue weighted by Gasteiger charge is 2.22. The number of nitrogens with one attached hydrogen (secondary N) is 1. The van der Waals surface area contributed by atoms with Gasteiger partial charge in [0.2, 0.25) is 0 Å². The number of halogens is 1. The van der Waals surface area contributed by atoms with Crippen LogP contribution in [0.3, 0.4) is 0 Å². The monoisotopic (exact) mass is 303 g/mol. The first-order valence-corrected chi connectivity index (χ1v) is 6.78. The van der Waals surface area contributed by atoms with Gasteiger partial charge in [-0.3, -0.25) is 0 Å². The molecule has 1 aliphatic carbocycles. The van der Waals surface area contributed by atoms with E-state index in [1.54, 1.807) is 6.20 Å². The summed E-state index contributed by atoms with van der Waals surface area (Å²) in [5, 5.41) is 3.53. The van der Waals surface area contributed by atoms with E-state index in [-0.39, 0.29) is 0 Å². The molecule has 1 aliphatic rings. The van der Waals surface area contributed by atoms with E-state index in [0.29, 0.717) is 6.04 Å². The second kappa shape index (κ2) is 4.61. The van der Waals surface area contributed by atoms with Crippen molar-refractivity contribution in [1.29, 1.82) is 0 Å². The van der Waals surface area contributed by atoms with Crippen LogP contribution >= 0.6 is 15.9 Å². The number of nitrogens with zero attached hydrogens (tertiary/aromatic N) is 1. The van der Waals surface area contributed by atoms with Gasteiger partial charge < -0.3 is 11.1 Å². The van der Waals surface area contributed by atoms with Crippen LogP contribution in [0.2, 0.25) is 0 Å². The number of fused-ring (bicyclic) bond motifs is 1. The number of hydrogen-bond donors (Lipinski definition) is 2. The van der Waals surface area contributed by atoms with Crippen molar-refractivity contribution >= 4 is 27.3 Å². The number of nitrogen functional groups attached to an aromatic ring is 1. The fourth-order valence-electron chi connectivity index (χ4n) is 2.47. The minimum atomic E-state index is 0.348. The summed E-state index contributed by atoms with van der Waals surface area (Å²) in [6, 6.07) is 10.5. The number of anilines is 2. The Balaban J connectivity index is 1.87. The van der Waals surface area contributed by atoms with Crippen LogP contribution in [0.25, 0.3) is 0 Å². The number of hydrogen-bond acceptors (Lipinski definition) is 3. The largest absolute Gasteiger partial charge is 0.399 e.